The van der Waals surface area contributed by atoms with E-state index in [0.717, 1.165) is 55.5 Å². The molecule has 4 rings (SSSR count). The van der Waals surface area contributed by atoms with Crippen molar-refractivity contribution in [3.8, 4) is 11.4 Å². The molecule has 0 bridgehead atoms. The van der Waals surface area contributed by atoms with Crippen molar-refractivity contribution in [1.82, 2.24) is 9.97 Å². The molecule has 2 aromatic rings. The maximum absolute atomic E-state index is 5.82. The molecule has 0 saturated carbocycles. The minimum atomic E-state index is 0.346. The number of aryl methyl sites for hydroxylation is 1. The number of aromatic nitrogens is 2. The van der Waals surface area contributed by atoms with Gasteiger partial charge in [-0.3, -0.25) is 0 Å². The van der Waals surface area contributed by atoms with Gasteiger partial charge in [-0.25, -0.2) is 9.97 Å². The van der Waals surface area contributed by atoms with E-state index in [2.05, 4.69) is 11.8 Å². The van der Waals surface area contributed by atoms with Crippen molar-refractivity contribution >= 4 is 11.5 Å². The maximum atomic E-state index is 5.82. The monoisotopic (exact) mass is 324 g/mol. The van der Waals surface area contributed by atoms with E-state index in [4.69, 9.17) is 20.4 Å². The van der Waals surface area contributed by atoms with Crippen LogP contribution in [0.25, 0.3) is 11.4 Å². The van der Waals surface area contributed by atoms with Crippen LogP contribution in [0.2, 0.25) is 0 Å². The number of fused-ring (bicyclic) bond motifs is 1. The van der Waals surface area contributed by atoms with E-state index in [1.54, 1.807) is 0 Å². The Morgan fingerprint density at radius 3 is 2.71 bits per heavy atom. The summed E-state index contributed by atoms with van der Waals surface area (Å²) in [6, 6.07) is 8.18. The molecule has 2 N–H and O–H groups in total. The topological polar surface area (TPSA) is 64.3 Å². The molecule has 5 nitrogen and oxygen atoms in total. The number of rotatable bonds is 2. The summed E-state index contributed by atoms with van der Waals surface area (Å²) in [6.45, 7) is 4.63. The van der Waals surface area contributed by atoms with Gasteiger partial charge in [0.2, 0.25) is 0 Å². The van der Waals surface area contributed by atoms with Crippen molar-refractivity contribution in [3.63, 3.8) is 0 Å². The molecule has 1 aromatic carbocycles. The van der Waals surface area contributed by atoms with E-state index in [9.17, 15) is 0 Å². The molecule has 2 aliphatic rings. The standard InChI is InChI=1S/C19H24N4O/c1-13-12-24-11-10-23(13)19-16-4-2-3-5-17(16)21-18(22-19)14-6-8-15(20)9-7-14/h6-9,13H,2-5,10-12,20H2,1H3/t13-/m0/s1. The molecule has 0 amide bonds. The van der Waals surface area contributed by atoms with Gasteiger partial charge in [0.1, 0.15) is 5.82 Å². The van der Waals surface area contributed by atoms with E-state index in [-0.39, 0.29) is 0 Å². The summed E-state index contributed by atoms with van der Waals surface area (Å²) in [5.41, 5.74) is 10.2. The van der Waals surface area contributed by atoms with Crippen LogP contribution in [0.1, 0.15) is 31.0 Å². The minimum absolute atomic E-state index is 0.346. The van der Waals surface area contributed by atoms with Crippen LogP contribution in [0.5, 0.6) is 0 Å². The zero-order valence-electron chi connectivity index (χ0n) is 14.2. The number of hydrogen-bond acceptors (Lipinski definition) is 5. The third kappa shape index (κ3) is 2.84. The summed E-state index contributed by atoms with van der Waals surface area (Å²) >= 11 is 0. The Labute approximate surface area is 142 Å². The molecule has 1 aliphatic heterocycles. The molecule has 2 heterocycles. The van der Waals surface area contributed by atoms with E-state index >= 15 is 0 Å². The Morgan fingerprint density at radius 1 is 1.12 bits per heavy atom. The second-order valence-electron chi connectivity index (χ2n) is 6.74. The smallest absolute Gasteiger partial charge is 0.161 e. The SMILES string of the molecule is C[C@H]1COCCN1c1nc(-c2ccc(N)cc2)nc2c1CCCC2. The molecular weight excluding hydrogens is 300 g/mol. The fourth-order valence-electron chi connectivity index (χ4n) is 3.61. The Bertz CT molecular complexity index is 729. The quantitative estimate of drug-likeness (QED) is 0.861. The van der Waals surface area contributed by atoms with Crippen molar-refractivity contribution in [2.45, 2.75) is 38.6 Å². The molecule has 126 valence electrons. The van der Waals surface area contributed by atoms with Crippen LogP contribution < -0.4 is 10.6 Å². The molecule has 1 aromatic heterocycles. The van der Waals surface area contributed by atoms with Crippen molar-refractivity contribution < 1.29 is 4.74 Å². The second-order valence-corrected chi connectivity index (χ2v) is 6.74. The number of nitrogen functional groups attached to an aromatic ring is 1. The first-order chi connectivity index (χ1) is 11.7. The Balaban J connectivity index is 1.81. The summed E-state index contributed by atoms with van der Waals surface area (Å²) < 4.78 is 5.61. The highest BCUT2D eigenvalue weighted by Crippen LogP contribution is 2.32. The third-order valence-electron chi connectivity index (χ3n) is 4.97. The summed E-state index contributed by atoms with van der Waals surface area (Å²) in [6.07, 6.45) is 4.56. The Morgan fingerprint density at radius 2 is 1.92 bits per heavy atom. The highest BCUT2D eigenvalue weighted by atomic mass is 16.5. The van der Waals surface area contributed by atoms with Crippen LogP contribution >= 0.6 is 0 Å². The second kappa shape index (κ2) is 6.40. The normalized spacial score (nSPS) is 20.7. The van der Waals surface area contributed by atoms with Gasteiger partial charge >= 0.3 is 0 Å². The molecule has 24 heavy (non-hydrogen) atoms. The molecule has 1 fully saturated rings. The Hall–Kier alpha value is -2.14. The fraction of sp³-hybridized carbons (Fsp3) is 0.474. The van der Waals surface area contributed by atoms with Gasteiger partial charge < -0.3 is 15.4 Å². The lowest BCUT2D eigenvalue weighted by molar-refractivity contribution is 0.0984. The van der Waals surface area contributed by atoms with Crippen molar-refractivity contribution in [2.24, 2.45) is 0 Å². The number of hydrogen-bond donors (Lipinski definition) is 1. The van der Waals surface area contributed by atoms with E-state index in [1.165, 1.54) is 24.1 Å². The van der Waals surface area contributed by atoms with Crippen molar-refractivity contribution in [2.75, 3.05) is 30.4 Å². The van der Waals surface area contributed by atoms with Crippen LogP contribution in [0.4, 0.5) is 11.5 Å². The van der Waals surface area contributed by atoms with Gasteiger partial charge in [-0.15, -0.1) is 0 Å². The zero-order chi connectivity index (χ0) is 16.5. The number of nitrogens with zero attached hydrogens (tertiary/aromatic N) is 3. The number of nitrogens with two attached hydrogens (primary N) is 1. The van der Waals surface area contributed by atoms with E-state index in [0.29, 0.717) is 6.04 Å². The first-order valence-electron chi connectivity index (χ1n) is 8.82. The summed E-state index contributed by atoms with van der Waals surface area (Å²) in [4.78, 5) is 12.3. The minimum Gasteiger partial charge on any atom is -0.399 e. The van der Waals surface area contributed by atoms with Crippen LogP contribution in [-0.4, -0.2) is 35.8 Å². The molecule has 0 spiro atoms. The van der Waals surface area contributed by atoms with Crippen LogP contribution in [-0.2, 0) is 17.6 Å². The lowest BCUT2D eigenvalue weighted by atomic mass is 9.95. The summed E-state index contributed by atoms with van der Waals surface area (Å²) in [5, 5.41) is 0. The highest BCUT2D eigenvalue weighted by Gasteiger charge is 2.26. The maximum Gasteiger partial charge on any atom is 0.161 e. The molecule has 0 unspecified atom stereocenters. The molecule has 5 heteroatoms. The number of anilines is 2. The Kier molecular flexibility index (Phi) is 4.10. The predicted octanol–water partition coefficient (Wildman–Crippen LogP) is 2.83. The molecule has 0 radical (unpaired) electrons. The van der Waals surface area contributed by atoms with E-state index in [1.807, 2.05) is 24.3 Å². The third-order valence-corrected chi connectivity index (χ3v) is 4.97. The van der Waals surface area contributed by atoms with Gasteiger partial charge in [0.05, 0.1) is 19.3 Å². The van der Waals surface area contributed by atoms with Crippen LogP contribution in [0.3, 0.4) is 0 Å². The van der Waals surface area contributed by atoms with Crippen LogP contribution in [0.15, 0.2) is 24.3 Å². The van der Waals surface area contributed by atoms with Gasteiger partial charge in [-0.1, -0.05) is 0 Å². The number of morpholine rings is 1. The predicted molar refractivity (Wildman–Crippen MR) is 96.1 cm³/mol. The largest absolute Gasteiger partial charge is 0.399 e. The van der Waals surface area contributed by atoms with Crippen molar-refractivity contribution in [1.29, 1.82) is 0 Å². The average Bonchev–Trinajstić information content (AvgIpc) is 2.62. The van der Waals surface area contributed by atoms with Gasteiger partial charge in [-0.05, 0) is 56.9 Å². The van der Waals surface area contributed by atoms with Gasteiger partial charge in [0, 0.05) is 29.1 Å². The zero-order valence-corrected chi connectivity index (χ0v) is 14.2. The number of benzene rings is 1. The lowest BCUT2D eigenvalue weighted by Crippen LogP contribution is -2.45. The van der Waals surface area contributed by atoms with Gasteiger partial charge in [-0.2, -0.15) is 0 Å². The molecule has 1 saturated heterocycles. The van der Waals surface area contributed by atoms with Crippen molar-refractivity contribution in [3.05, 3.63) is 35.5 Å². The van der Waals surface area contributed by atoms with E-state index < -0.39 is 0 Å². The van der Waals surface area contributed by atoms with Gasteiger partial charge in [0.15, 0.2) is 5.82 Å². The molecule has 1 atom stereocenters. The molecule has 1 aliphatic carbocycles. The highest BCUT2D eigenvalue weighted by molar-refractivity contribution is 5.63. The average molecular weight is 324 g/mol. The number of ether oxygens (including phenoxy) is 1. The first-order valence-corrected chi connectivity index (χ1v) is 8.82. The lowest BCUT2D eigenvalue weighted by Gasteiger charge is -2.36. The summed E-state index contributed by atoms with van der Waals surface area (Å²) in [7, 11) is 0. The summed E-state index contributed by atoms with van der Waals surface area (Å²) in [5.74, 6) is 1.92. The first kappa shape index (κ1) is 15.4. The fourth-order valence-corrected chi connectivity index (χ4v) is 3.61. The van der Waals surface area contributed by atoms with Gasteiger partial charge in [0.25, 0.3) is 0 Å². The molecular formula is C19H24N4O. The van der Waals surface area contributed by atoms with Crippen LogP contribution in [0, 0.1) is 0 Å².